The first-order chi connectivity index (χ1) is 21.9. The lowest BCUT2D eigenvalue weighted by Crippen LogP contribution is -2.59. The van der Waals surface area contributed by atoms with Gasteiger partial charge in [-0.05, 0) is 47.0 Å². The molecule has 16 nitrogen and oxygen atoms in total. The van der Waals surface area contributed by atoms with E-state index in [1.165, 1.54) is 4.90 Å². The zero-order valence-electron chi connectivity index (χ0n) is 24.1. The second-order valence-corrected chi connectivity index (χ2v) is 10.6. The molecule has 238 valence electrons. The molecule has 9 atom stereocenters. The van der Waals surface area contributed by atoms with Crippen molar-refractivity contribution in [3.8, 4) is 0 Å². The summed E-state index contributed by atoms with van der Waals surface area (Å²) in [4.78, 5) is 23.0. The Labute approximate surface area is 257 Å². The van der Waals surface area contributed by atoms with Crippen molar-refractivity contribution in [1.29, 1.82) is 0 Å². The van der Waals surface area contributed by atoms with Crippen molar-refractivity contribution >= 4 is 6.09 Å². The lowest BCUT2D eigenvalue weighted by Gasteiger charge is -2.45. The highest BCUT2D eigenvalue weighted by Gasteiger charge is 2.47. The van der Waals surface area contributed by atoms with Crippen molar-refractivity contribution in [2.75, 3.05) is 6.67 Å². The normalized spacial score (nSPS) is 28.3. The monoisotopic (exact) mass is 624 g/mol. The van der Waals surface area contributed by atoms with E-state index in [4.69, 9.17) is 25.3 Å². The van der Waals surface area contributed by atoms with Crippen molar-refractivity contribution in [3.63, 3.8) is 0 Å². The molecule has 1 aliphatic heterocycles. The smallest absolute Gasteiger partial charge is 0.410 e. The van der Waals surface area contributed by atoms with Crippen LogP contribution in [0.5, 0.6) is 0 Å². The number of hydrogen-bond donors (Lipinski definition) is 2. The van der Waals surface area contributed by atoms with E-state index in [2.05, 4.69) is 30.1 Å². The molecule has 0 aromatic heterocycles. The molecular formula is C28H33FN10O6. The molecule has 17 heteroatoms. The van der Waals surface area contributed by atoms with Crippen molar-refractivity contribution in [2.24, 2.45) is 15.3 Å². The fourth-order valence-electron chi connectivity index (χ4n) is 5.53. The quantitative estimate of drug-likeness (QED) is 0.182. The summed E-state index contributed by atoms with van der Waals surface area (Å²) in [5.74, 6) is 0. The summed E-state index contributed by atoms with van der Waals surface area (Å²) >= 11 is 0. The molecule has 2 aromatic carbocycles. The van der Waals surface area contributed by atoms with Crippen LogP contribution in [0.1, 0.15) is 30.4 Å². The number of carbonyl (C=O) groups excluding carboxylic acids is 1. The summed E-state index contributed by atoms with van der Waals surface area (Å²) in [6.07, 6.45) is -7.55. The van der Waals surface area contributed by atoms with Crippen LogP contribution in [0.25, 0.3) is 31.3 Å². The summed E-state index contributed by atoms with van der Waals surface area (Å²) in [6, 6.07) is 13.7. The largest absolute Gasteiger partial charge is 0.445 e. The highest BCUT2D eigenvalue weighted by molar-refractivity contribution is 5.68. The lowest BCUT2D eigenvalue weighted by atomic mass is 9.84. The molecule has 0 spiro atoms. The Morgan fingerprint density at radius 3 is 2.13 bits per heavy atom. The number of aliphatic hydroxyl groups is 2. The maximum Gasteiger partial charge on any atom is 0.410 e. The fraction of sp³-hybridized carbons (Fsp3) is 0.536. The Balaban J connectivity index is 1.58. The molecule has 1 amide bonds. The molecule has 1 saturated heterocycles. The molecule has 0 radical (unpaired) electrons. The SMILES string of the molecule is [N-]=[N+]=N[C@H]1C[C@@H](N=[N+]=[N-])[C@H](O)[C@@H](O)[C@@H]1O[C@H]1O[C@H]([C@@H](CF)N(Cc2ccccc2)C(=O)OCc2ccccc2)CC[C@H]1N=[N+]=[N-]. The lowest BCUT2D eigenvalue weighted by molar-refractivity contribution is -0.260. The maximum atomic E-state index is 14.9. The number of rotatable bonds is 12. The zero-order chi connectivity index (χ0) is 32.2. The molecule has 45 heavy (non-hydrogen) atoms. The van der Waals surface area contributed by atoms with Gasteiger partial charge in [0.15, 0.2) is 6.29 Å². The van der Waals surface area contributed by atoms with Gasteiger partial charge in [-0.3, -0.25) is 4.90 Å². The number of halogens is 1. The van der Waals surface area contributed by atoms with Crippen molar-refractivity contribution in [2.45, 2.75) is 87.3 Å². The van der Waals surface area contributed by atoms with Crippen LogP contribution in [0.4, 0.5) is 9.18 Å². The number of azide groups is 3. The van der Waals surface area contributed by atoms with E-state index in [0.29, 0.717) is 5.56 Å². The molecular weight excluding hydrogens is 591 g/mol. The molecule has 4 rings (SSSR count). The van der Waals surface area contributed by atoms with Gasteiger partial charge in [0.25, 0.3) is 0 Å². The molecule has 2 aliphatic rings. The maximum absolute atomic E-state index is 14.9. The topological polar surface area (TPSA) is 235 Å². The number of hydrogen-bond acceptors (Lipinski definition) is 9. The zero-order valence-corrected chi connectivity index (χ0v) is 24.1. The van der Waals surface area contributed by atoms with Gasteiger partial charge >= 0.3 is 6.09 Å². The van der Waals surface area contributed by atoms with Crippen LogP contribution in [0.3, 0.4) is 0 Å². The van der Waals surface area contributed by atoms with Gasteiger partial charge in [-0.2, -0.15) is 0 Å². The van der Waals surface area contributed by atoms with E-state index in [0.717, 1.165) is 5.56 Å². The Bertz CT molecular complexity index is 1410. The predicted octanol–water partition coefficient (Wildman–Crippen LogP) is 5.22. The summed E-state index contributed by atoms with van der Waals surface area (Å²) in [6.45, 7) is -1.06. The van der Waals surface area contributed by atoms with Crippen molar-refractivity contribution < 1.29 is 33.6 Å². The van der Waals surface area contributed by atoms with E-state index in [1.54, 1.807) is 48.5 Å². The fourth-order valence-corrected chi connectivity index (χ4v) is 5.53. The first kappa shape index (κ1) is 33.3. The predicted molar refractivity (Wildman–Crippen MR) is 157 cm³/mol. The first-order valence-corrected chi connectivity index (χ1v) is 14.3. The summed E-state index contributed by atoms with van der Waals surface area (Å²) in [5, 5.41) is 32.2. The molecule has 1 saturated carbocycles. The van der Waals surface area contributed by atoms with Crippen LogP contribution in [0, 0.1) is 0 Å². The molecule has 2 N–H and O–H groups in total. The second-order valence-electron chi connectivity index (χ2n) is 10.6. The van der Waals surface area contributed by atoms with E-state index < -0.39 is 67.6 Å². The van der Waals surface area contributed by atoms with Crippen LogP contribution in [-0.4, -0.2) is 82.8 Å². The van der Waals surface area contributed by atoms with Gasteiger partial charge in [-0.25, -0.2) is 9.18 Å². The average Bonchev–Trinajstić information content (AvgIpc) is 3.06. The highest BCUT2D eigenvalue weighted by Crippen LogP contribution is 2.34. The van der Waals surface area contributed by atoms with Gasteiger partial charge in [0.05, 0.1) is 42.5 Å². The molecule has 1 heterocycles. The number of nitrogens with zero attached hydrogens (tertiary/aromatic N) is 10. The van der Waals surface area contributed by atoms with Crippen LogP contribution in [-0.2, 0) is 27.4 Å². The summed E-state index contributed by atoms with van der Waals surface area (Å²) < 4.78 is 32.6. The Morgan fingerprint density at radius 2 is 1.51 bits per heavy atom. The van der Waals surface area contributed by atoms with E-state index in [-0.39, 0.29) is 32.4 Å². The van der Waals surface area contributed by atoms with Crippen LogP contribution in [0.2, 0.25) is 0 Å². The van der Waals surface area contributed by atoms with Crippen LogP contribution in [0.15, 0.2) is 76.0 Å². The first-order valence-electron chi connectivity index (χ1n) is 14.3. The summed E-state index contributed by atoms with van der Waals surface area (Å²) in [5.41, 5.74) is 28.6. The minimum Gasteiger partial charge on any atom is -0.445 e. The van der Waals surface area contributed by atoms with Crippen molar-refractivity contribution in [3.05, 3.63) is 103 Å². The van der Waals surface area contributed by atoms with Gasteiger partial charge < -0.3 is 24.4 Å². The van der Waals surface area contributed by atoms with Gasteiger partial charge in [0.2, 0.25) is 0 Å². The number of aliphatic hydroxyl groups excluding tert-OH is 2. The third-order valence-electron chi connectivity index (χ3n) is 7.83. The average molecular weight is 625 g/mol. The van der Waals surface area contributed by atoms with Crippen LogP contribution < -0.4 is 0 Å². The number of amides is 1. The number of carbonyl (C=O) groups is 1. The Morgan fingerprint density at radius 1 is 0.911 bits per heavy atom. The van der Waals surface area contributed by atoms with Crippen LogP contribution >= 0.6 is 0 Å². The third kappa shape index (κ3) is 8.53. The Hall–Kier alpha value is -4.59. The minimum absolute atomic E-state index is 0.00149. The standard InChI is InChI=1S/C28H33FN10O6/c29-14-22(39(15-17-7-3-1-4-8-17)28(42)43-16-18-9-5-2-6-10-18)23-12-11-19(33-36-30)27(44-23)45-26-21(35-38-32)13-20(34-37-31)24(40)25(26)41/h1-10,19-27,40-41H,11-16H2/t19-,20-,21+,22-,23+,24+,25-,26-,27-/m1/s1. The van der Waals surface area contributed by atoms with Crippen molar-refractivity contribution in [1.82, 2.24) is 4.90 Å². The van der Waals surface area contributed by atoms with E-state index in [1.807, 2.05) is 12.1 Å². The molecule has 1 aliphatic carbocycles. The van der Waals surface area contributed by atoms with Gasteiger partial charge in [-0.15, -0.1) is 0 Å². The molecule has 2 aromatic rings. The number of benzene rings is 2. The summed E-state index contributed by atoms with van der Waals surface area (Å²) in [7, 11) is 0. The number of ether oxygens (including phenoxy) is 3. The van der Waals surface area contributed by atoms with Gasteiger partial charge in [0.1, 0.15) is 19.4 Å². The van der Waals surface area contributed by atoms with E-state index in [9.17, 15) is 24.9 Å². The third-order valence-corrected chi connectivity index (χ3v) is 7.83. The highest BCUT2D eigenvalue weighted by atomic mass is 19.1. The molecule has 0 unspecified atom stereocenters. The Kier molecular flexibility index (Phi) is 12.2. The van der Waals surface area contributed by atoms with Gasteiger partial charge in [-0.1, -0.05) is 76.0 Å². The van der Waals surface area contributed by atoms with E-state index >= 15 is 0 Å². The minimum atomic E-state index is -1.68. The molecule has 0 bridgehead atoms. The van der Waals surface area contributed by atoms with Gasteiger partial charge in [0, 0.05) is 21.3 Å². The molecule has 2 fully saturated rings. The second kappa shape index (κ2) is 16.5. The number of alkyl halides is 1.